The average molecular weight is 196 g/mol. The highest BCUT2D eigenvalue weighted by Crippen LogP contribution is 2.54. The van der Waals surface area contributed by atoms with Gasteiger partial charge < -0.3 is 4.74 Å². The number of ether oxygens (including phenoxy) is 1. The molecule has 0 aromatic heterocycles. The summed E-state index contributed by atoms with van der Waals surface area (Å²) in [6.45, 7) is 6.67. The molecule has 0 aromatic rings. The summed E-state index contributed by atoms with van der Waals surface area (Å²) < 4.78 is 5.51. The van der Waals surface area contributed by atoms with Gasteiger partial charge >= 0.3 is 5.97 Å². The summed E-state index contributed by atoms with van der Waals surface area (Å²) in [7, 11) is 0. The maximum atomic E-state index is 11.4. The monoisotopic (exact) mass is 196 g/mol. The fourth-order valence-electron chi connectivity index (χ4n) is 3.40. The third kappa shape index (κ3) is 1.27. The van der Waals surface area contributed by atoms with Gasteiger partial charge in [-0.2, -0.15) is 0 Å². The molecule has 0 bridgehead atoms. The Morgan fingerprint density at radius 2 is 2.14 bits per heavy atom. The SMILES string of the molecule is CC[C@@]1(C)CCC[C@]2(C)OC(=O)CC12. The first-order valence-corrected chi connectivity index (χ1v) is 5.72. The molecule has 0 spiro atoms. The lowest BCUT2D eigenvalue weighted by Crippen LogP contribution is -2.45. The van der Waals surface area contributed by atoms with Gasteiger partial charge in [0.15, 0.2) is 0 Å². The summed E-state index contributed by atoms with van der Waals surface area (Å²) in [6, 6.07) is 0. The lowest BCUT2D eigenvalue weighted by atomic mass is 9.60. The molecule has 14 heavy (non-hydrogen) atoms. The maximum absolute atomic E-state index is 11.4. The molecule has 1 saturated carbocycles. The van der Waals surface area contributed by atoms with E-state index in [2.05, 4.69) is 20.8 Å². The second-order valence-corrected chi connectivity index (χ2v) is 5.40. The highest BCUT2D eigenvalue weighted by Gasteiger charge is 2.55. The lowest BCUT2D eigenvalue weighted by molar-refractivity contribution is -0.152. The van der Waals surface area contributed by atoms with Crippen LogP contribution in [0.5, 0.6) is 0 Å². The van der Waals surface area contributed by atoms with E-state index in [-0.39, 0.29) is 11.6 Å². The van der Waals surface area contributed by atoms with Gasteiger partial charge in [0, 0.05) is 5.92 Å². The minimum Gasteiger partial charge on any atom is -0.459 e. The number of esters is 1. The van der Waals surface area contributed by atoms with Crippen LogP contribution in [-0.4, -0.2) is 11.6 Å². The number of fused-ring (bicyclic) bond motifs is 1. The van der Waals surface area contributed by atoms with Crippen LogP contribution < -0.4 is 0 Å². The molecule has 1 aliphatic carbocycles. The molecule has 0 radical (unpaired) electrons. The molecule has 2 heteroatoms. The molecule has 2 nitrogen and oxygen atoms in total. The molecular formula is C12H20O2. The highest BCUT2D eigenvalue weighted by molar-refractivity contribution is 5.73. The number of hydrogen-bond acceptors (Lipinski definition) is 2. The van der Waals surface area contributed by atoms with Crippen molar-refractivity contribution in [2.75, 3.05) is 0 Å². The van der Waals surface area contributed by atoms with E-state index in [9.17, 15) is 4.79 Å². The Hall–Kier alpha value is -0.530. The van der Waals surface area contributed by atoms with Crippen molar-refractivity contribution in [2.45, 2.75) is 58.5 Å². The minimum absolute atomic E-state index is 0.0130. The van der Waals surface area contributed by atoms with Gasteiger partial charge in [0.1, 0.15) is 5.60 Å². The molecule has 2 fully saturated rings. The van der Waals surface area contributed by atoms with Crippen molar-refractivity contribution in [3.63, 3.8) is 0 Å². The molecule has 1 aliphatic heterocycles. The Labute approximate surface area is 86.0 Å². The second kappa shape index (κ2) is 2.98. The molecule has 2 rings (SSSR count). The second-order valence-electron chi connectivity index (χ2n) is 5.40. The van der Waals surface area contributed by atoms with E-state index in [0.717, 1.165) is 12.8 Å². The first kappa shape index (κ1) is 10.0. The van der Waals surface area contributed by atoms with Crippen LogP contribution in [0.3, 0.4) is 0 Å². The molecule has 80 valence electrons. The van der Waals surface area contributed by atoms with Gasteiger partial charge in [0.2, 0.25) is 0 Å². The summed E-state index contributed by atoms with van der Waals surface area (Å²) in [4.78, 5) is 11.4. The van der Waals surface area contributed by atoms with Crippen molar-refractivity contribution in [3.05, 3.63) is 0 Å². The van der Waals surface area contributed by atoms with Gasteiger partial charge in [-0.05, 0) is 31.6 Å². The number of hydrogen-bond donors (Lipinski definition) is 0. The zero-order valence-corrected chi connectivity index (χ0v) is 9.43. The summed E-state index contributed by atoms with van der Waals surface area (Å²) in [5, 5.41) is 0. The molecule has 0 amide bonds. The van der Waals surface area contributed by atoms with E-state index in [1.54, 1.807) is 0 Å². The number of carbonyl (C=O) groups is 1. The van der Waals surface area contributed by atoms with Crippen LogP contribution in [0, 0.1) is 11.3 Å². The predicted octanol–water partition coefficient (Wildman–Crippen LogP) is 2.91. The normalized spacial score (nSPS) is 47.4. The lowest BCUT2D eigenvalue weighted by Gasteiger charge is -2.46. The Morgan fingerprint density at radius 1 is 1.43 bits per heavy atom. The number of carbonyl (C=O) groups excluding carboxylic acids is 1. The first-order valence-electron chi connectivity index (χ1n) is 5.72. The summed E-state index contributed by atoms with van der Waals surface area (Å²) >= 11 is 0. The van der Waals surface area contributed by atoms with Crippen LogP contribution in [0.25, 0.3) is 0 Å². The largest absolute Gasteiger partial charge is 0.459 e. The zero-order chi connectivity index (χ0) is 10.4. The average Bonchev–Trinajstić information content (AvgIpc) is 2.42. The van der Waals surface area contributed by atoms with Gasteiger partial charge in [-0.1, -0.05) is 20.3 Å². The Balaban J connectivity index is 2.30. The minimum atomic E-state index is -0.153. The Morgan fingerprint density at radius 3 is 2.79 bits per heavy atom. The fraction of sp³-hybridized carbons (Fsp3) is 0.917. The molecule has 1 heterocycles. The van der Waals surface area contributed by atoms with Crippen molar-refractivity contribution in [1.29, 1.82) is 0 Å². The van der Waals surface area contributed by atoms with Crippen molar-refractivity contribution < 1.29 is 9.53 Å². The van der Waals surface area contributed by atoms with Crippen molar-refractivity contribution in [1.82, 2.24) is 0 Å². The summed E-state index contributed by atoms with van der Waals surface area (Å²) in [5.41, 5.74) is 0.166. The van der Waals surface area contributed by atoms with Crippen LogP contribution in [0.15, 0.2) is 0 Å². The Kier molecular flexibility index (Phi) is 2.13. The summed E-state index contributed by atoms with van der Waals surface area (Å²) in [5.74, 6) is 0.459. The topological polar surface area (TPSA) is 26.3 Å². The van der Waals surface area contributed by atoms with E-state index >= 15 is 0 Å². The van der Waals surface area contributed by atoms with Gasteiger partial charge in [-0.3, -0.25) is 4.79 Å². The molecule has 0 aromatic carbocycles. The Bertz CT molecular complexity index is 261. The van der Waals surface area contributed by atoms with Crippen LogP contribution in [0.1, 0.15) is 52.9 Å². The zero-order valence-electron chi connectivity index (χ0n) is 9.43. The third-order valence-electron chi connectivity index (χ3n) is 4.52. The van der Waals surface area contributed by atoms with Crippen molar-refractivity contribution >= 4 is 5.97 Å². The van der Waals surface area contributed by atoms with E-state index in [1.807, 2.05) is 0 Å². The molecule has 2 aliphatic rings. The third-order valence-corrected chi connectivity index (χ3v) is 4.52. The molecule has 1 saturated heterocycles. The molecule has 0 N–H and O–H groups in total. The van der Waals surface area contributed by atoms with E-state index in [1.165, 1.54) is 12.8 Å². The van der Waals surface area contributed by atoms with Gasteiger partial charge in [-0.25, -0.2) is 0 Å². The first-order chi connectivity index (χ1) is 6.50. The van der Waals surface area contributed by atoms with Gasteiger partial charge in [0.05, 0.1) is 6.42 Å². The van der Waals surface area contributed by atoms with Crippen molar-refractivity contribution in [3.8, 4) is 0 Å². The van der Waals surface area contributed by atoms with Crippen molar-refractivity contribution in [2.24, 2.45) is 11.3 Å². The van der Waals surface area contributed by atoms with Crippen LogP contribution in [0.2, 0.25) is 0 Å². The van der Waals surface area contributed by atoms with E-state index in [4.69, 9.17) is 4.74 Å². The highest BCUT2D eigenvalue weighted by atomic mass is 16.6. The molecule has 1 unspecified atom stereocenters. The van der Waals surface area contributed by atoms with Crippen LogP contribution in [0.4, 0.5) is 0 Å². The fourth-order valence-corrected chi connectivity index (χ4v) is 3.40. The predicted molar refractivity (Wildman–Crippen MR) is 54.9 cm³/mol. The van der Waals surface area contributed by atoms with Gasteiger partial charge in [0.25, 0.3) is 0 Å². The summed E-state index contributed by atoms with van der Waals surface area (Å²) in [6.07, 6.45) is 5.30. The van der Waals surface area contributed by atoms with Crippen LogP contribution in [-0.2, 0) is 9.53 Å². The molecule has 3 atom stereocenters. The molecular weight excluding hydrogens is 176 g/mol. The smallest absolute Gasteiger partial charge is 0.306 e. The number of rotatable bonds is 1. The van der Waals surface area contributed by atoms with E-state index in [0.29, 0.717) is 17.8 Å². The van der Waals surface area contributed by atoms with Crippen LogP contribution >= 0.6 is 0 Å². The van der Waals surface area contributed by atoms with E-state index < -0.39 is 0 Å². The van der Waals surface area contributed by atoms with Gasteiger partial charge in [-0.15, -0.1) is 0 Å². The quantitative estimate of drug-likeness (QED) is 0.603. The maximum Gasteiger partial charge on any atom is 0.306 e. The standard InChI is InChI=1S/C12H20O2/c1-4-11(2)6-5-7-12(3)9(11)8-10(13)14-12/h9H,4-8H2,1-3H3/t9?,11-,12-/m0/s1.